The molecule has 0 atom stereocenters. The van der Waals surface area contributed by atoms with Gasteiger partial charge in [0.05, 0.1) is 11.5 Å². The van der Waals surface area contributed by atoms with Crippen LogP contribution in [0.25, 0.3) is 11.0 Å². The molecule has 5 nitrogen and oxygen atoms in total. The number of carboxylic acid groups (broad SMARTS) is 1. The normalized spacial score (nSPS) is 12.1. The minimum atomic E-state index is -3.15. The van der Waals surface area contributed by atoms with Crippen molar-refractivity contribution in [3.63, 3.8) is 0 Å². The van der Waals surface area contributed by atoms with E-state index in [-0.39, 0.29) is 17.3 Å². The molecular formula is C15H18O5S. The summed E-state index contributed by atoms with van der Waals surface area (Å²) in [5.74, 6) is -0.825. The zero-order valence-electron chi connectivity index (χ0n) is 12.0. The first-order valence-electron chi connectivity index (χ1n) is 6.73. The highest BCUT2D eigenvalue weighted by molar-refractivity contribution is 7.90. The molecule has 1 aromatic heterocycles. The van der Waals surface area contributed by atoms with Crippen LogP contribution in [0.4, 0.5) is 0 Å². The van der Waals surface area contributed by atoms with Gasteiger partial charge in [0, 0.05) is 5.39 Å². The van der Waals surface area contributed by atoms with Crippen molar-refractivity contribution in [1.29, 1.82) is 0 Å². The lowest BCUT2D eigenvalue weighted by atomic mass is 10.2. The Morgan fingerprint density at radius 1 is 1.29 bits per heavy atom. The number of hydrogen-bond donors (Lipinski definition) is 1. The highest BCUT2D eigenvalue weighted by Gasteiger charge is 2.15. The smallest absolute Gasteiger partial charge is 0.371 e. The third-order valence-corrected chi connectivity index (χ3v) is 4.82. The van der Waals surface area contributed by atoms with Crippen LogP contribution in [0.5, 0.6) is 0 Å². The number of carbonyl (C=O) groups is 1. The molecule has 1 heterocycles. The van der Waals surface area contributed by atoms with E-state index in [1.807, 2.05) is 13.8 Å². The summed E-state index contributed by atoms with van der Waals surface area (Å²) in [6.45, 7) is 3.97. The molecule has 1 aromatic carbocycles. The van der Waals surface area contributed by atoms with Gasteiger partial charge in [0.25, 0.3) is 0 Å². The van der Waals surface area contributed by atoms with Gasteiger partial charge in [0.1, 0.15) is 5.58 Å². The summed E-state index contributed by atoms with van der Waals surface area (Å²) in [5.41, 5.74) is 1.08. The molecule has 1 N–H and O–H groups in total. The second-order valence-electron chi connectivity index (χ2n) is 5.56. The van der Waals surface area contributed by atoms with E-state index in [1.165, 1.54) is 6.07 Å². The Kier molecular flexibility index (Phi) is 4.37. The third kappa shape index (κ3) is 4.07. The van der Waals surface area contributed by atoms with Crippen LogP contribution >= 0.6 is 0 Å². The van der Waals surface area contributed by atoms with Crippen molar-refractivity contribution in [1.82, 2.24) is 0 Å². The molecule has 0 spiro atoms. The maximum Gasteiger partial charge on any atom is 0.371 e. The zero-order valence-corrected chi connectivity index (χ0v) is 12.8. The Hall–Kier alpha value is -1.82. The second kappa shape index (κ2) is 5.89. The highest BCUT2D eigenvalue weighted by atomic mass is 32.2. The summed E-state index contributed by atoms with van der Waals surface area (Å²) >= 11 is 0. The molecule has 0 saturated heterocycles. The lowest BCUT2D eigenvalue weighted by Crippen LogP contribution is -2.11. The number of fused-ring (bicyclic) bond motifs is 1. The van der Waals surface area contributed by atoms with E-state index in [0.717, 1.165) is 0 Å². The molecule has 0 aliphatic rings. The highest BCUT2D eigenvalue weighted by Crippen LogP contribution is 2.22. The fraction of sp³-hybridized carbons (Fsp3) is 0.400. The van der Waals surface area contributed by atoms with Crippen molar-refractivity contribution in [2.75, 3.05) is 5.75 Å². The van der Waals surface area contributed by atoms with E-state index >= 15 is 0 Å². The third-order valence-electron chi connectivity index (χ3n) is 3.18. The van der Waals surface area contributed by atoms with Crippen LogP contribution in [0.1, 0.15) is 36.4 Å². The summed E-state index contributed by atoms with van der Waals surface area (Å²) in [4.78, 5) is 10.8. The Morgan fingerprint density at radius 2 is 2.00 bits per heavy atom. The lowest BCUT2D eigenvalue weighted by molar-refractivity contribution is 0.0665. The van der Waals surface area contributed by atoms with Crippen LogP contribution in [-0.4, -0.2) is 25.2 Å². The van der Waals surface area contributed by atoms with E-state index < -0.39 is 15.8 Å². The van der Waals surface area contributed by atoms with Crippen LogP contribution < -0.4 is 0 Å². The first-order valence-corrected chi connectivity index (χ1v) is 8.55. The van der Waals surface area contributed by atoms with E-state index in [4.69, 9.17) is 9.52 Å². The predicted octanol–water partition coefficient (Wildman–Crippen LogP) is 3.09. The molecule has 0 aliphatic carbocycles. The minimum Gasteiger partial charge on any atom is -0.475 e. The number of rotatable bonds is 6. The van der Waals surface area contributed by atoms with Crippen molar-refractivity contribution >= 4 is 26.8 Å². The number of carboxylic acids is 1. The quantitative estimate of drug-likeness (QED) is 0.886. The van der Waals surface area contributed by atoms with Gasteiger partial charge in [0.2, 0.25) is 5.76 Å². The molecule has 114 valence electrons. The molecule has 0 bridgehead atoms. The number of aromatic carboxylic acids is 1. The average Bonchev–Trinajstić information content (AvgIpc) is 2.79. The molecule has 2 rings (SSSR count). The zero-order chi connectivity index (χ0) is 15.6. The monoisotopic (exact) mass is 310 g/mol. The van der Waals surface area contributed by atoms with Gasteiger partial charge >= 0.3 is 5.97 Å². The summed E-state index contributed by atoms with van der Waals surface area (Å²) in [6.07, 6.45) is 0.638. The van der Waals surface area contributed by atoms with Gasteiger partial charge in [-0.05, 0) is 36.1 Å². The van der Waals surface area contributed by atoms with Crippen molar-refractivity contribution in [3.05, 3.63) is 35.6 Å². The fourth-order valence-corrected chi connectivity index (χ4v) is 3.69. The summed E-state index contributed by atoms with van der Waals surface area (Å²) in [6, 6.07) is 6.33. The Labute approximate surface area is 123 Å². The molecule has 0 aliphatic heterocycles. The standard InChI is InChI=1S/C15H18O5S/c1-10(2)5-6-21(18,19)9-11-3-4-13-12(7-11)8-14(20-13)15(16)17/h3-4,7-8,10H,5-6,9H2,1-2H3,(H,16,17). The first-order chi connectivity index (χ1) is 9.77. The lowest BCUT2D eigenvalue weighted by Gasteiger charge is -2.06. The summed E-state index contributed by atoms with van der Waals surface area (Å²) < 4.78 is 29.2. The number of sulfone groups is 1. The number of furan rings is 1. The summed E-state index contributed by atoms with van der Waals surface area (Å²) in [7, 11) is -3.15. The molecule has 0 fully saturated rings. The summed E-state index contributed by atoms with van der Waals surface area (Å²) in [5, 5.41) is 9.47. The van der Waals surface area contributed by atoms with Crippen LogP contribution in [-0.2, 0) is 15.6 Å². The average molecular weight is 310 g/mol. The largest absolute Gasteiger partial charge is 0.475 e. The maximum atomic E-state index is 12.0. The van der Waals surface area contributed by atoms with Gasteiger partial charge in [-0.3, -0.25) is 0 Å². The number of hydrogen-bond acceptors (Lipinski definition) is 4. The van der Waals surface area contributed by atoms with Crippen molar-refractivity contribution < 1.29 is 22.7 Å². The maximum absolute atomic E-state index is 12.0. The van der Waals surface area contributed by atoms with Crippen LogP contribution in [0.2, 0.25) is 0 Å². The van der Waals surface area contributed by atoms with Crippen LogP contribution in [0, 0.1) is 5.92 Å². The molecule has 0 amide bonds. The van der Waals surface area contributed by atoms with E-state index in [0.29, 0.717) is 28.9 Å². The van der Waals surface area contributed by atoms with Gasteiger partial charge in [-0.15, -0.1) is 0 Å². The van der Waals surface area contributed by atoms with Crippen molar-refractivity contribution in [2.45, 2.75) is 26.0 Å². The van der Waals surface area contributed by atoms with Gasteiger partial charge in [0.15, 0.2) is 9.84 Å². The molecule has 0 unspecified atom stereocenters. The van der Waals surface area contributed by atoms with E-state index in [1.54, 1.807) is 18.2 Å². The van der Waals surface area contributed by atoms with Gasteiger partial charge in [-0.2, -0.15) is 0 Å². The Morgan fingerprint density at radius 3 is 2.62 bits per heavy atom. The molecular weight excluding hydrogens is 292 g/mol. The molecule has 6 heteroatoms. The number of benzene rings is 1. The molecule has 0 radical (unpaired) electrons. The molecule has 21 heavy (non-hydrogen) atoms. The van der Waals surface area contributed by atoms with Crippen LogP contribution in [0.3, 0.4) is 0 Å². The van der Waals surface area contributed by atoms with Gasteiger partial charge in [-0.25, -0.2) is 13.2 Å². The molecule has 0 saturated carbocycles. The van der Waals surface area contributed by atoms with Crippen LogP contribution in [0.15, 0.2) is 28.7 Å². The van der Waals surface area contributed by atoms with E-state index in [2.05, 4.69) is 0 Å². The topological polar surface area (TPSA) is 84.6 Å². The molecule has 2 aromatic rings. The van der Waals surface area contributed by atoms with Gasteiger partial charge < -0.3 is 9.52 Å². The predicted molar refractivity (Wildman–Crippen MR) is 80.1 cm³/mol. The fourth-order valence-electron chi connectivity index (χ4n) is 2.03. The minimum absolute atomic E-state index is 0.0384. The first kappa shape index (κ1) is 15.6. The SMILES string of the molecule is CC(C)CCS(=O)(=O)Cc1ccc2oc(C(=O)O)cc2c1. The van der Waals surface area contributed by atoms with Gasteiger partial charge in [-0.1, -0.05) is 19.9 Å². The second-order valence-corrected chi connectivity index (χ2v) is 7.75. The Balaban J connectivity index is 2.21. The van der Waals surface area contributed by atoms with Crippen molar-refractivity contribution in [3.8, 4) is 0 Å². The Bertz CT molecular complexity index is 755. The van der Waals surface area contributed by atoms with Crippen molar-refractivity contribution in [2.24, 2.45) is 5.92 Å². The van der Waals surface area contributed by atoms with E-state index in [9.17, 15) is 13.2 Å².